The number of rotatable bonds is 4. The van der Waals surface area contributed by atoms with E-state index in [4.69, 9.17) is 0 Å². The van der Waals surface area contributed by atoms with Crippen LogP contribution in [0.3, 0.4) is 0 Å². The molecule has 3 rings (SSSR count). The van der Waals surface area contributed by atoms with Gasteiger partial charge < -0.3 is 0 Å². The molecule has 28 heavy (non-hydrogen) atoms. The molecule has 0 radical (unpaired) electrons. The first-order valence-electron chi connectivity index (χ1n) is 9.38. The van der Waals surface area contributed by atoms with E-state index >= 15 is 0 Å². The Morgan fingerprint density at radius 3 is 1.14 bits per heavy atom. The first-order valence-corrected chi connectivity index (χ1v) is 17.2. The quantitative estimate of drug-likeness (QED) is 0.358. The molecule has 0 spiro atoms. The molecular weight excluding hydrogens is 516 g/mol. The normalized spacial score (nSPS) is 26.5. The Morgan fingerprint density at radius 2 is 0.893 bits per heavy atom. The number of hydrogen-bond donors (Lipinski definition) is 2. The van der Waals surface area contributed by atoms with Gasteiger partial charge in [0.1, 0.15) is 0 Å². The molecule has 0 saturated carbocycles. The predicted octanol–water partition coefficient (Wildman–Crippen LogP) is 6.12. The van der Waals surface area contributed by atoms with Gasteiger partial charge in [0.25, 0.3) is 0 Å². The van der Waals surface area contributed by atoms with Crippen molar-refractivity contribution in [3.05, 3.63) is 60.7 Å². The number of hydrogen-bond acceptors (Lipinski definition) is 4. The summed E-state index contributed by atoms with van der Waals surface area (Å²) in [5.74, 6) is -3.88. The second kappa shape index (κ2) is 7.84. The van der Waals surface area contributed by atoms with Crippen molar-refractivity contribution >= 4 is 53.5 Å². The van der Waals surface area contributed by atoms with Crippen molar-refractivity contribution < 1.29 is 0 Å². The van der Waals surface area contributed by atoms with Gasteiger partial charge in [-0.3, -0.25) is 0 Å². The van der Waals surface area contributed by atoms with Gasteiger partial charge in [-0.15, -0.1) is 0 Å². The van der Waals surface area contributed by atoms with E-state index in [0.29, 0.717) is 0 Å². The molecule has 0 unspecified atom stereocenters. The minimum absolute atomic E-state index is 0.0244. The first kappa shape index (κ1) is 22.5. The summed E-state index contributed by atoms with van der Waals surface area (Å²) in [6.45, 7) is 13.8. The molecule has 0 atom stereocenters. The van der Waals surface area contributed by atoms with E-state index in [-0.39, 0.29) is 11.1 Å². The number of anilines is 2. The van der Waals surface area contributed by atoms with Gasteiger partial charge in [0.15, 0.2) is 0 Å². The van der Waals surface area contributed by atoms with E-state index in [0.717, 1.165) is 11.4 Å². The van der Waals surface area contributed by atoms with E-state index < -0.39 is 11.9 Å². The summed E-state index contributed by atoms with van der Waals surface area (Å²) >= 11 is 7.22. The average Bonchev–Trinajstić information content (AvgIpc) is 2.52. The van der Waals surface area contributed by atoms with Crippen molar-refractivity contribution in [2.75, 3.05) is 10.2 Å². The van der Waals surface area contributed by atoms with Gasteiger partial charge in [-0.2, -0.15) is 0 Å². The SMILES string of the molecule is CC(C)(C)N1P(=[Se])(Nc2ccccc2)N(C(C)(C)C)P1(=[Se])Nc1ccccc1. The molecule has 2 aromatic carbocycles. The van der Waals surface area contributed by atoms with Crippen molar-refractivity contribution in [2.45, 2.75) is 52.6 Å². The van der Waals surface area contributed by atoms with Crippen LogP contribution in [0.4, 0.5) is 11.4 Å². The summed E-state index contributed by atoms with van der Waals surface area (Å²) in [5.41, 5.74) is 2.24. The van der Waals surface area contributed by atoms with Gasteiger partial charge in [0, 0.05) is 0 Å². The van der Waals surface area contributed by atoms with Crippen LogP contribution in [-0.2, 0) is 0 Å². The van der Waals surface area contributed by atoms with Gasteiger partial charge in [-0.1, -0.05) is 0 Å². The fourth-order valence-corrected chi connectivity index (χ4v) is 31.9. The number of nitrogens with one attached hydrogen (secondary N) is 2. The predicted molar refractivity (Wildman–Crippen MR) is 129 cm³/mol. The molecular formula is C20H30N4P2Se2. The van der Waals surface area contributed by atoms with Gasteiger partial charge >= 0.3 is 186 Å². The number of para-hydroxylation sites is 2. The second-order valence-electron chi connectivity index (χ2n) is 8.96. The van der Waals surface area contributed by atoms with Crippen molar-refractivity contribution in [3.63, 3.8) is 0 Å². The van der Waals surface area contributed by atoms with E-state index in [1.165, 1.54) is 0 Å². The third kappa shape index (κ3) is 4.18. The van der Waals surface area contributed by atoms with E-state index in [9.17, 15) is 0 Å². The van der Waals surface area contributed by atoms with Gasteiger partial charge in [-0.25, -0.2) is 0 Å². The van der Waals surface area contributed by atoms with Crippen molar-refractivity contribution in [1.82, 2.24) is 8.88 Å². The molecule has 0 bridgehead atoms. The topological polar surface area (TPSA) is 30.5 Å². The van der Waals surface area contributed by atoms with Crippen LogP contribution in [0.1, 0.15) is 41.5 Å². The van der Waals surface area contributed by atoms with Crippen molar-refractivity contribution in [2.24, 2.45) is 0 Å². The molecule has 1 aliphatic rings. The van der Waals surface area contributed by atoms with Crippen LogP contribution in [-0.4, -0.2) is 50.2 Å². The summed E-state index contributed by atoms with van der Waals surface area (Å²) in [7, 11) is 0. The monoisotopic (exact) mass is 548 g/mol. The Morgan fingerprint density at radius 1 is 0.607 bits per heavy atom. The summed E-state index contributed by atoms with van der Waals surface area (Å²) < 4.78 is 5.30. The molecule has 0 aliphatic carbocycles. The Balaban J connectivity index is 2.11. The number of nitrogens with zero attached hydrogens (tertiary/aromatic N) is 2. The maximum absolute atomic E-state index is 3.88. The van der Waals surface area contributed by atoms with Crippen LogP contribution in [0.2, 0.25) is 0 Å². The molecule has 1 heterocycles. The zero-order chi connectivity index (χ0) is 20.8. The van der Waals surface area contributed by atoms with E-state index in [1.807, 2.05) is 0 Å². The van der Waals surface area contributed by atoms with Gasteiger partial charge in [-0.05, 0) is 0 Å². The van der Waals surface area contributed by atoms with E-state index in [2.05, 4.69) is 151 Å². The van der Waals surface area contributed by atoms with Crippen LogP contribution in [0.5, 0.6) is 0 Å². The Kier molecular flexibility index (Phi) is 6.31. The number of benzene rings is 2. The Hall–Kier alpha value is -0.141. The standard InChI is InChI=1S/C20H30N4P2Se2/c1-19(2,3)23-25(27,21-17-13-9-7-10-14-17)24(20(4,5)6)26(23,28)22-18-15-11-8-12-16-18/h7-16H,1-6H3,(H,21,27)(H,22,28). The molecule has 1 saturated heterocycles. The molecule has 2 N–H and O–H groups in total. The molecule has 8 heteroatoms. The minimum atomic E-state index is -1.94. The fourth-order valence-electron chi connectivity index (χ4n) is 3.64. The molecule has 0 aromatic heterocycles. The molecule has 4 nitrogen and oxygen atoms in total. The van der Waals surface area contributed by atoms with Crippen LogP contribution < -0.4 is 10.2 Å². The summed E-state index contributed by atoms with van der Waals surface area (Å²) in [6.07, 6.45) is 0. The summed E-state index contributed by atoms with van der Waals surface area (Å²) in [5, 5.41) is 7.77. The van der Waals surface area contributed by atoms with E-state index in [1.54, 1.807) is 0 Å². The van der Waals surface area contributed by atoms with Crippen molar-refractivity contribution in [1.29, 1.82) is 0 Å². The summed E-state index contributed by atoms with van der Waals surface area (Å²) in [4.78, 5) is 0. The average molecular weight is 546 g/mol. The van der Waals surface area contributed by atoms with Crippen LogP contribution in [0, 0.1) is 0 Å². The molecule has 2 aromatic rings. The zero-order valence-corrected chi connectivity index (χ0v) is 22.6. The van der Waals surface area contributed by atoms with Crippen LogP contribution in [0.15, 0.2) is 60.7 Å². The third-order valence-corrected chi connectivity index (χ3v) is 21.5. The van der Waals surface area contributed by atoms with Gasteiger partial charge in [0.2, 0.25) is 0 Å². The zero-order valence-electron chi connectivity index (χ0n) is 17.4. The van der Waals surface area contributed by atoms with Crippen LogP contribution >= 0.6 is 11.9 Å². The molecule has 1 aliphatic heterocycles. The Labute approximate surface area is 185 Å². The molecule has 0 amide bonds. The molecule has 1 fully saturated rings. The summed E-state index contributed by atoms with van der Waals surface area (Å²) in [6, 6.07) is 21.0. The first-order chi connectivity index (χ1) is 12.9. The van der Waals surface area contributed by atoms with Crippen LogP contribution in [0.25, 0.3) is 0 Å². The Bertz CT molecular complexity index is 827. The second-order valence-corrected chi connectivity index (χ2v) is 20.2. The fraction of sp³-hybridized carbons (Fsp3) is 0.400. The molecule has 152 valence electrons. The van der Waals surface area contributed by atoms with Gasteiger partial charge in [0.05, 0.1) is 0 Å². The van der Waals surface area contributed by atoms with Crippen molar-refractivity contribution in [3.8, 4) is 0 Å². The third-order valence-electron chi connectivity index (χ3n) is 4.32. The maximum atomic E-state index is 3.88.